The monoisotopic (exact) mass is 205 g/mol. The molecular weight excluding hydrogens is 186 g/mol. The molecule has 3 N–H and O–H groups in total. The first-order chi connectivity index (χ1) is 6.33. The minimum atomic E-state index is -0.599. The lowest BCUT2D eigenvalue weighted by Crippen LogP contribution is -2.33. The van der Waals surface area contributed by atoms with Crippen LogP contribution in [0.1, 0.15) is 12.8 Å². The Morgan fingerprint density at radius 1 is 1.38 bits per heavy atom. The summed E-state index contributed by atoms with van der Waals surface area (Å²) in [5, 5.41) is 20.8. The van der Waals surface area contributed by atoms with Crippen LogP contribution in [-0.4, -0.2) is 47.5 Å². The van der Waals surface area contributed by atoms with Crippen molar-refractivity contribution in [1.82, 2.24) is 5.32 Å². The molecule has 0 unspecified atom stereocenters. The fourth-order valence-corrected chi connectivity index (χ4v) is 2.67. The van der Waals surface area contributed by atoms with Crippen LogP contribution in [0.5, 0.6) is 0 Å². The Balaban J connectivity index is 1.98. The van der Waals surface area contributed by atoms with Gasteiger partial charge in [0.15, 0.2) is 0 Å². The molecule has 0 aromatic carbocycles. The highest BCUT2D eigenvalue weighted by Crippen LogP contribution is 2.21. The van der Waals surface area contributed by atoms with Crippen LogP contribution in [-0.2, 0) is 0 Å². The molecular formula is C9H19NO2S. The Kier molecular flexibility index (Phi) is 5.78. The van der Waals surface area contributed by atoms with Gasteiger partial charge in [0.05, 0.1) is 12.7 Å². The molecule has 1 saturated heterocycles. The van der Waals surface area contributed by atoms with Crippen LogP contribution in [0.4, 0.5) is 0 Å². The summed E-state index contributed by atoms with van der Waals surface area (Å²) in [4.78, 5) is 0. The molecule has 1 atom stereocenters. The summed E-state index contributed by atoms with van der Waals surface area (Å²) in [5.74, 6) is 3.32. The molecule has 0 saturated carbocycles. The first-order valence-electron chi connectivity index (χ1n) is 4.90. The number of aliphatic hydroxyl groups is 2. The maximum Gasteiger partial charge on any atom is 0.0894 e. The van der Waals surface area contributed by atoms with E-state index < -0.39 is 6.10 Å². The van der Waals surface area contributed by atoms with Gasteiger partial charge < -0.3 is 15.5 Å². The average Bonchev–Trinajstić information content (AvgIpc) is 2.19. The van der Waals surface area contributed by atoms with Gasteiger partial charge in [-0.25, -0.2) is 0 Å². The standard InChI is InChI=1S/C9H19NO2S/c11-7-9(12)6-10-5-8-1-3-13-4-2-8/h8-12H,1-7H2/t9-/m0/s1. The molecule has 1 rings (SSSR count). The third kappa shape index (κ3) is 4.86. The SMILES string of the molecule is OC[C@@H](O)CNCC1CCSCC1. The summed E-state index contributed by atoms with van der Waals surface area (Å²) in [6.45, 7) is 1.35. The first-order valence-corrected chi connectivity index (χ1v) is 6.05. The van der Waals surface area contributed by atoms with E-state index in [1.165, 1.54) is 24.3 Å². The van der Waals surface area contributed by atoms with Gasteiger partial charge >= 0.3 is 0 Å². The number of nitrogens with one attached hydrogen (secondary N) is 1. The molecule has 0 radical (unpaired) electrons. The summed E-state index contributed by atoms with van der Waals surface area (Å²) < 4.78 is 0. The highest BCUT2D eigenvalue weighted by molar-refractivity contribution is 7.99. The molecule has 3 nitrogen and oxygen atoms in total. The molecule has 0 aliphatic carbocycles. The quantitative estimate of drug-likeness (QED) is 0.595. The minimum Gasteiger partial charge on any atom is -0.394 e. The zero-order valence-corrected chi connectivity index (χ0v) is 8.72. The average molecular weight is 205 g/mol. The van der Waals surface area contributed by atoms with Crippen molar-refractivity contribution in [2.75, 3.05) is 31.2 Å². The second-order valence-electron chi connectivity index (χ2n) is 3.55. The highest BCUT2D eigenvalue weighted by atomic mass is 32.2. The zero-order valence-electron chi connectivity index (χ0n) is 7.91. The Hall–Kier alpha value is 0.230. The second-order valence-corrected chi connectivity index (χ2v) is 4.78. The van der Waals surface area contributed by atoms with Crippen LogP contribution >= 0.6 is 11.8 Å². The topological polar surface area (TPSA) is 52.5 Å². The van der Waals surface area contributed by atoms with E-state index in [0.29, 0.717) is 6.54 Å². The Morgan fingerprint density at radius 2 is 2.08 bits per heavy atom. The smallest absolute Gasteiger partial charge is 0.0894 e. The third-order valence-electron chi connectivity index (χ3n) is 2.36. The van der Waals surface area contributed by atoms with E-state index in [4.69, 9.17) is 10.2 Å². The van der Waals surface area contributed by atoms with Crippen molar-refractivity contribution in [3.05, 3.63) is 0 Å². The summed E-state index contributed by atoms with van der Waals surface area (Å²) in [6, 6.07) is 0. The van der Waals surface area contributed by atoms with Gasteiger partial charge in [0, 0.05) is 6.54 Å². The largest absolute Gasteiger partial charge is 0.394 e. The summed E-state index contributed by atoms with van der Waals surface area (Å²) >= 11 is 2.03. The van der Waals surface area contributed by atoms with Crippen molar-refractivity contribution >= 4 is 11.8 Å². The fraction of sp³-hybridized carbons (Fsp3) is 1.00. The summed E-state index contributed by atoms with van der Waals surface area (Å²) in [7, 11) is 0. The van der Waals surface area contributed by atoms with Crippen molar-refractivity contribution in [2.24, 2.45) is 5.92 Å². The van der Waals surface area contributed by atoms with Gasteiger partial charge in [0.25, 0.3) is 0 Å². The fourth-order valence-electron chi connectivity index (χ4n) is 1.47. The first kappa shape index (κ1) is 11.3. The maximum atomic E-state index is 9.07. The number of thioether (sulfide) groups is 1. The van der Waals surface area contributed by atoms with Crippen molar-refractivity contribution in [2.45, 2.75) is 18.9 Å². The lowest BCUT2D eigenvalue weighted by molar-refractivity contribution is 0.0935. The molecule has 13 heavy (non-hydrogen) atoms. The van der Waals surface area contributed by atoms with Crippen molar-refractivity contribution in [3.8, 4) is 0 Å². The van der Waals surface area contributed by atoms with Crippen molar-refractivity contribution in [3.63, 3.8) is 0 Å². The van der Waals surface area contributed by atoms with E-state index in [-0.39, 0.29) is 6.61 Å². The lowest BCUT2D eigenvalue weighted by Gasteiger charge is -2.22. The van der Waals surface area contributed by atoms with Gasteiger partial charge in [0.1, 0.15) is 0 Å². The highest BCUT2D eigenvalue weighted by Gasteiger charge is 2.13. The van der Waals surface area contributed by atoms with Crippen molar-refractivity contribution < 1.29 is 10.2 Å². The van der Waals surface area contributed by atoms with Gasteiger partial charge in [0.2, 0.25) is 0 Å². The minimum absolute atomic E-state index is 0.145. The van der Waals surface area contributed by atoms with E-state index in [0.717, 1.165) is 12.5 Å². The molecule has 0 amide bonds. The van der Waals surface area contributed by atoms with Crippen LogP contribution in [0, 0.1) is 5.92 Å². The van der Waals surface area contributed by atoms with E-state index >= 15 is 0 Å². The number of aliphatic hydroxyl groups excluding tert-OH is 2. The Labute approximate surface area is 83.9 Å². The molecule has 0 aromatic heterocycles. The zero-order chi connectivity index (χ0) is 9.52. The van der Waals surface area contributed by atoms with E-state index in [9.17, 15) is 0 Å². The predicted octanol–water partition coefficient (Wildman–Crippen LogP) is 0.0724. The van der Waals surface area contributed by atoms with Crippen LogP contribution in [0.25, 0.3) is 0 Å². The van der Waals surface area contributed by atoms with Crippen LogP contribution in [0.3, 0.4) is 0 Å². The van der Waals surface area contributed by atoms with E-state index in [1.54, 1.807) is 0 Å². The summed E-state index contributed by atoms with van der Waals surface area (Å²) in [5.41, 5.74) is 0. The van der Waals surface area contributed by atoms with Gasteiger partial charge in [-0.3, -0.25) is 0 Å². The van der Waals surface area contributed by atoms with Crippen molar-refractivity contribution in [1.29, 1.82) is 0 Å². The van der Waals surface area contributed by atoms with E-state index in [2.05, 4.69) is 5.32 Å². The van der Waals surface area contributed by atoms with E-state index in [1.807, 2.05) is 11.8 Å². The number of rotatable bonds is 5. The molecule has 0 bridgehead atoms. The molecule has 1 fully saturated rings. The molecule has 1 aliphatic heterocycles. The normalized spacial score (nSPS) is 21.7. The predicted molar refractivity (Wildman–Crippen MR) is 56.0 cm³/mol. The maximum absolute atomic E-state index is 9.07. The van der Waals surface area contributed by atoms with Crippen LogP contribution in [0.2, 0.25) is 0 Å². The van der Waals surface area contributed by atoms with Gasteiger partial charge in [-0.2, -0.15) is 11.8 Å². The molecule has 4 heteroatoms. The second kappa shape index (κ2) is 6.65. The molecule has 0 aromatic rings. The number of hydrogen-bond acceptors (Lipinski definition) is 4. The molecule has 0 spiro atoms. The van der Waals surface area contributed by atoms with Crippen LogP contribution in [0.15, 0.2) is 0 Å². The van der Waals surface area contributed by atoms with Crippen LogP contribution < -0.4 is 5.32 Å². The van der Waals surface area contributed by atoms with Gasteiger partial charge in [-0.05, 0) is 36.8 Å². The Bertz CT molecular complexity index is 129. The molecule has 1 aliphatic rings. The lowest BCUT2D eigenvalue weighted by atomic mass is 10.0. The molecule has 78 valence electrons. The number of hydrogen-bond donors (Lipinski definition) is 3. The van der Waals surface area contributed by atoms with Gasteiger partial charge in [-0.1, -0.05) is 0 Å². The Morgan fingerprint density at radius 3 is 2.69 bits per heavy atom. The van der Waals surface area contributed by atoms with Gasteiger partial charge in [-0.15, -0.1) is 0 Å². The molecule has 1 heterocycles. The third-order valence-corrected chi connectivity index (χ3v) is 3.41. The summed E-state index contributed by atoms with van der Waals surface area (Å²) in [6.07, 6.45) is 1.97.